The smallest absolute Gasteiger partial charge is 0.217 e. The summed E-state index contributed by atoms with van der Waals surface area (Å²) in [6.45, 7) is 2.96. The van der Waals surface area contributed by atoms with Gasteiger partial charge >= 0.3 is 0 Å². The van der Waals surface area contributed by atoms with Crippen molar-refractivity contribution < 1.29 is 9.59 Å². The molecule has 1 N–H and O–H groups in total. The van der Waals surface area contributed by atoms with E-state index in [1.807, 2.05) is 0 Å². The molecule has 0 aromatic carbocycles. The topological polar surface area (TPSA) is 46.2 Å². The molecule has 0 radical (unpaired) electrons. The highest BCUT2D eigenvalue weighted by atomic mass is 16.1. The number of hydrogen-bond acceptors (Lipinski definition) is 2. The van der Waals surface area contributed by atoms with Crippen molar-refractivity contribution in [2.75, 3.05) is 0 Å². The molecule has 1 aliphatic carbocycles. The molecule has 0 spiro atoms. The van der Waals surface area contributed by atoms with Crippen LogP contribution in [0.25, 0.3) is 0 Å². The summed E-state index contributed by atoms with van der Waals surface area (Å²) in [6, 6.07) is -0.110. The number of amides is 1. The Morgan fingerprint density at radius 1 is 1.42 bits per heavy atom. The molecule has 1 unspecified atom stereocenters. The van der Waals surface area contributed by atoms with Crippen LogP contribution < -0.4 is 5.32 Å². The molecule has 1 amide bonds. The molecule has 0 aromatic rings. The molecule has 64 valence electrons. The molecule has 3 nitrogen and oxygen atoms in total. The zero-order valence-electron chi connectivity index (χ0n) is 7.13. The third kappa shape index (κ3) is 2.05. The fourth-order valence-electron chi connectivity index (χ4n) is 1.07. The monoisotopic (exact) mass is 165 g/mol. The number of allylic oxidation sites excluding steroid dienone is 2. The van der Waals surface area contributed by atoms with E-state index in [0.29, 0.717) is 5.57 Å². The molecule has 0 bridgehead atoms. The lowest BCUT2D eigenvalue weighted by atomic mass is 10.2. The van der Waals surface area contributed by atoms with Crippen LogP contribution in [-0.4, -0.2) is 17.7 Å². The lowest BCUT2D eigenvalue weighted by Crippen LogP contribution is -2.28. The molecular formula is C9H11NO2. The first kappa shape index (κ1) is 8.71. The van der Waals surface area contributed by atoms with Crippen molar-refractivity contribution in [3.63, 3.8) is 0 Å². The van der Waals surface area contributed by atoms with Crippen LogP contribution in [0.4, 0.5) is 0 Å². The van der Waals surface area contributed by atoms with Crippen LogP contribution in [0.1, 0.15) is 13.8 Å². The molecule has 3 heteroatoms. The predicted octanol–water partition coefficient (Wildman–Crippen LogP) is 0.576. The first-order chi connectivity index (χ1) is 5.59. The lowest BCUT2D eigenvalue weighted by Gasteiger charge is -2.04. The van der Waals surface area contributed by atoms with Gasteiger partial charge in [-0.3, -0.25) is 9.59 Å². The Morgan fingerprint density at radius 2 is 2.08 bits per heavy atom. The Morgan fingerprint density at radius 3 is 2.50 bits per heavy atom. The quantitative estimate of drug-likeness (QED) is 0.650. The molecule has 1 atom stereocenters. The zero-order chi connectivity index (χ0) is 9.14. The second kappa shape index (κ2) is 3.34. The summed E-state index contributed by atoms with van der Waals surface area (Å²) in [6.07, 6.45) is 5.25. The van der Waals surface area contributed by atoms with Gasteiger partial charge in [-0.05, 0) is 13.0 Å². The van der Waals surface area contributed by atoms with Crippen molar-refractivity contribution in [1.82, 2.24) is 5.32 Å². The predicted molar refractivity (Wildman–Crippen MR) is 45.5 cm³/mol. The third-order valence-electron chi connectivity index (χ3n) is 1.62. The van der Waals surface area contributed by atoms with Crippen molar-refractivity contribution in [3.8, 4) is 0 Å². The Bertz CT molecular complexity index is 276. The molecule has 1 aliphatic rings. The molecule has 0 fully saturated rings. The van der Waals surface area contributed by atoms with Gasteiger partial charge in [0.1, 0.15) is 0 Å². The second-order valence-corrected chi connectivity index (χ2v) is 2.76. The molecule has 0 saturated heterocycles. The van der Waals surface area contributed by atoms with Crippen molar-refractivity contribution in [3.05, 3.63) is 23.8 Å². The van der Waals surface area contributed by atoms with Crippen LogP contribution in [0.3, 0.4) is 0 Å². The molecule has 0 saturated carbocycles. The van der Waals surface area contributed by atoms with E-state index in [9.17, 15) is 9.59 Å². The molecule has 0 heterocycles. The van der Waals surface area contributed by atoms with Gasteiger partial charge in [-0.25, -0.2) is 0 Å². The Balaban J connectivity index is 2.60. The first-order valence-electron chi connectivity index (χ1n) is 3.77. The summed E-state index contributed by atoms with van der Waals surface area (Å²) in [4.78, 5) is 21.5. The number of Topliss-reactive ketones (excluding diaryl/α,β-unsaturated/α-hetero) is 1. The van der Waals surface area contributed by atoms with Crippen molar-refractivity contribution in [2.24, 2.45) is 0 Å². The SMILES string of the molecule is CC(=O)NC1C=CC(C(C)=O)=C1. The van der Waals surface area contributed by atoms with E-state index in [-0.39, 0.29) is 17.7 Å². The number of nitrogens with one attached hydrogen (secondary N) is 1. The van der Waals surface area contributed by atoms with Crippen LogP contribution in [0.2, 0.25) is 0 Å². The average Bonchev–Trinajstić information content (AvgIpc) is 2.34. The van der Waals surface area contributed by atoms with E-state index < -0.39 is 0 Å². The van der Waals surface area contributed by atoms with E-state index in [1.54, 1.807) is 18.2 Å². The summed E-state index contributed by atoms with van der Waals surface area (Å²) in [7, 11) is 0. The van der Waals surface area contributed by atoms with E-state index in [1.165, 1.54) is 13.8 Å². The van der Waals surface area contributed by atoms with Gasteiger partial charge in [0, 0.05) is 12.5 Å². The van der Waals surface area contributed by atoms with Crippen molar-refractivity contribution in [1.29, 1.82) is 0 Å². The van der Waals surface area contributed by atoms with Crippen LogP contribution in [0.15, 0.2) is 23.8 Å². The van der Waals surface area contributed by atoms with E-state index in [2.05, 4.69) is 5.32 Å². The van der Waals surface area contributed by atoms with Gasteiger partial charge in [0.25, 0.3) is 0 Å². The minimum absolute atomic E-state index is 0.0269. The molecule has 12 heavy (non-hydrogen) atoms. The van der Waals surface area contributed by atoms with Gasteiger partial charge in [0.15, 0.2) is 5.78 Å². The highest BCUT2D eigenvalue weighted by Crippen LogP contribution is 2.10. The average molecular weight is 165 g/mol. The Kier molecular flexibility index (Phi) is 2.43. The maximum absolute atomic E-state index is 10.8. The van der Waals surface area contributed by atoms with Gasteiger partial charge in [-0.2, -0.15) is 0 Å². The van der Waals surface area contributed by atoms with Gasteiger partial charge in [0.2, 0.25) is 5.91 Å². The van der Waals surface area contributed by atoms with Gasteiger partial charge in [-0.1, -0.05) is 12.2 Å². The minimum atomic E-state index is -0.110. The van der Waals surface area contributed by atoms with Gasteiger partial charge in [-0.15, -0.1) is 0 Å². The fourth-order valence-corrected chi connectivity index (χ4v) is 1.07. The number of hydrogen-bond donors (Lipinski definition) is 1. The van der Waals surface area contributed by atoms with Crippen LogP contribution in [0, 0.1) is 0 Å². The first-order valence-corrected chi connectivity index (χ1v) is 3.77. The Hall–Kier alpha value is -1.38. The summed E-state index contributed by atoms with van der Waals surface area (Å²) < 4.78 is 0. The maximum Gasteiger partial charge on any atom is 0.217 e. The number of ketones is 1. The number of carbonyl (C=O) groups is 2. The zero-order valence-corrected chi connectivity index (χ0v) is 7.13. The summed E-state index contributed by atoms with van der Waals surface area (Å²) in [5.41, 5.74) is 0.661. The molecular weight excluding hydrogens is 154 g/mol. The largest absolute Gasteiger partial charge is 0.347 e. The van der Waals surface area contributed by atoms with Crippen LogP contribution >= 0.6 is 0 Å². The third-order valence-corrected chi connectivity index (χ3v) is 1.62. The summed E-state index contributed by atoms with van der Waals surface area (Å²) in [5, 5.41) is 2.67. The highest BCUT2D eigenvalue weighted by Gasteiger charge is 2.12. The van der Waals surface area contributed by atoms with E-state index in [0.717, 1.165) is 0 Å². The number of rotatable bonds is 2. The summed E-state index contributed by atoms with van der Waals surface area (Å²) in [5.74, 6) is -0.0650. The van der Waals surface area contributed by atoms with Gasteiger partial charge < -0.3 is 5.32 Å². The van der Waals surface area contributed by atoms with Crippen LogP contribution in [0.5, 0.6) is 0 Å². The van der Waals surface area contributed by atoms with Gasteiger partial charge in [0.05, 0.1) is 6.04 Å². The highest BCUT2D eigenvalue weighted by molar-refractivity contribution is 5.97. The normalized spacial score (nSPS) is 20.5. The standard InChI is InChI=1S/C9H11NO2/c1-6(11)8-3-4-9(5-8)10-7(2)12/h3-5,9H,1-2H3,(H,10,12). The van der Waals surface area contributed by atoms with Crippen molar-refractivity contribution >= 4 is 11.7 Å². The summed E-state index contributed by atoms with van der Waals surface area (Å²) >= 11 is 0. The van der Waals surface area contributed by atoms with Crippen molar-refractivity contribution in [2.45, 2.75) is 19.9 Å². The lowest BCUT2D eigenvalue weighted by molar-refractivity contribution is -0.119. The fraction of sp³-hybridized carbons (Fsp3) is 0.333. The second-order valence-electron chi connectivity index (χ2n) is 2.76. The van der Waals surface area contributed by atoms with E-state index >= 15 is 0 Å². The minimum Gasteiger partial charge on any atom is -0.347 e. The molecule has 0 aromatic heterocycles. The molecule has 1 rings (SSSR count). The van der Waals surface area contributed by atoms with E-state index in [4.69, 9.17) is 0 Å². The molecule has 0 aliphatic heterocycles. The Labute approximate surface area is 71.1 Å². The van der Waals surface area contributed by atoms with Crippen LogP contribution in [-0.2, 0) is 9.59 Å². The number of carbonyl (C=O) groups excluding carboxylic acids is 2. The maximum atomic E-state index is 10.8.